The molecule has 9 heteroatoms. The molecule has 32 heavy (non-hydrogen) atoms. The van der Waals surface area contributed by atoms with Crippen LogP contribution < -0.4 is 14.8 Å². The molecule has 1 fully saturated rings. The highest BCUT2D eigenvalue weighted by molar-refractivity contribution is 8.18. The minimum atomic E-state index is -0.519. The van der Waals surface area contributed by atoms with Gasteiger partial charge in [0.1, 0.15) is 17.3 Å². The van der Waals surface area contributed by atoms with Gasteiger partial charge in [-0.25, -0.2) is 4.39 Å². The number of carbonyl (C=O) groups excluding carboxylic acids is 3. The Morgan fingerprint density at radius 3 is 2.62 bits per heavy atom. The predicted molar refractivity (Wildman–Crippen MR) is 121 cm³/mol. The summed E-state index contributed by atoms with van der Waals surface area (Å²) < 4.78 is 24.2. The molecular formula is C23H21FN2O5S. The van der Waals surface area contributed by atoms with Gasteiger partial charge in [-0.05, 0) is 48.2 Å². The highest BCUT2D eigenvalue weighted by Gasteiger charge is 2.34. The van der Waals surface area contributed by atoms with Gasteiger partial charge in [-0.2, -0.15) is 0 Å². The summed E-state index contributed by atoms with van der Waals surface area (Å²) in [6.07, 6.45) is 4.25. The van der Waals surface area contributed by atoms with E-state index in [0.29, 0.717) is 17.1 Å². The first-order valence-electron chi connectivity index (χ1n) is 9.60. The normalized spacial score (nSPS) is 15.0. The molecule has 2 aromatic carbocycles. The molecule has 0 bridgehead atoms. The number of ether oxygens (including phenoxy) is 2. The van der Waals surface area contributed by atoms with Crippen LogP contribution in [0.25, 0.3) is 12.2 Å². The van der Waals surface area contributed by atoms with Crippen molar-refractivity contribution >= 4 is 41.0 Å². The van der Waals surface area contributed by atoms with Crippen molar-refractivity contribution in [3.8, 4) is 11.5 Å². The fraction of sp³-hybridized carbons (Fsp3) is 0.174. The summed E-state index contributed by atoms with van der Waals surface area (Å²) in [6, 6.07) is 11.2. The Labute approximate surface area is 188 Å². The van der Waals surface area contributed by atoms with Crippen LogP contribution in [0.2, 0.25) is 0 Å². The number of nitrogens with one attached hydrogen (secondary N) is 1. The van der Waals surface area contributed by atoms with E-state index < -0.39 is 22.9 Å². The van der Waals surface area contributed by atoms with Gasteiger partial charge in [0.2, 0.25) is 5.91 Å². The van der Waals surface area contributed by atoms with Crippen molar-refractivity contribution in [2.75, 3.05) is 27.3 Å². The van der Waals surface area contributed by atoms with Crippen LogP contribution in [0.5, 0.6) is 11.5 Å². The minimum absolute atomic E-state index is 0.00133. The van der Waals surface area contributed by atoms with E-state index in [9.17, 15) is 18.8 Å². The number of rotatable bonds is 8. The number of hydrogen-bond donors (Lipinski definition) is 1. The van der Waals surface area contributed by atoms with Crippen LogP contribution in [0.3, 0.4) is 0 Å². The van der Waals surface area contributed by atoms with Gasteiger partial charge in [-0.3, -0.25) is 19.3 Å². The molecule has 1 heterocycles. The molecule has 1 saturated heterocycles. The fourth-order valence-corrected chi connectivity index (χ4v) is 3.77. The van der Waals surface area contributed by atoms with Gasteiger partial charge in [-0.15, -0.1) is 0 Å². The summed E-state index contributed by atoms with van der Waals surface area (Å²) in [7, 11) is 3.06. The number of methoxy groups -OCH3 is 2. The summed E-state index contributed by atoms with van der Waals surface area (Å²) in [5, 5.41) is 2.16. The fourth-order valence-electron chi connectivity index (χ4n) is 2.91. The summed E-state index contributed by atoms with van der Waals surface area (Å²) in [5.74, 6) is -0.202. The maximum atomic E-state index is 13.8. The first-order valence-corrected chi connectivity index (χ1v) is 10.4. The zero-order chi connectivity index (χ0) is 23.1. The number of thioether (sulfide) groups is 1. The molecule has 166 valence electrons. The predicted octanol–water partition coefficient (Wildman–Crippen LogP) is 3.71. The first kappa shape index (κ1) is 23.1. The van der Waals surface area contributed by atoms with Crippen molar-refractivity contribution in [3.05, 3.63) is 70.4 Å². The van der Waals surface area contributed by atoms with Gasteiger partial charge in [0.25, 0.3) is 11.1 Å². The quantitative estimate of drug-likeness (QED) is 0.610. The van der Waals surface area contributed by atoms with E-state index in [2.05, 4.69) is 5.32 Å². The van der Waals surface area contributed by atoms with Gasteiger partial charge >= 0.3 is 0 Å². The maximum Gasteiger partial charge on any atom is 0.293 e. The summed E-state index contributed by atoms with van der Waals surface area (Å²) in [4.78, 5) is 37.9. The van der Waals surface area contributed by atoms with Crippen LogP contribution >= 0.6 is 11.8 Å². The molecule has 0 unspecified atom stereocenters. The molecule has 0 aliphatic carbocycles. The van der Waals surface area contributed by atoms with E-state index in [0.717, 1.165) is 16.7 Å². The minimum Gasteiger partial charge on any atom is -0.497 e. The van der Waals surface area contributed by atoms with Crippen LogP contribution in [0, 0.1) is 5.82 Å². The van der Waals surface area contributed by atoms with E-state index in [1.54, 1.807) is 36.4 Å². The lowest BCUT2D eigenvalue weighted by Crippen LogP contribution is -2.36. The smallest absolute Gasteiger partial charge is 0.293 e. The number of halogens is 1. The molecule has 1 aliphatic heterocycles. The van der Waals surface area contributed by atoms with Crippen molar-refractivity contribution in [3.63, 3.8) is 0 Å². The molecule has 1 N–H and O–H groups in total. The zero-order valence-electron chi connectivity index (χ0n) is 17.5. The molecule has 0 radical (unpaired) electrons. The first-order chi connectivity index (χ1) is 15.4. The Bertz CT molecular complexity index is 1100. The number of carbonyl (C=O) groups is 3. The Morgan fingerprint density at radius 1 is 1.12 bits per heavy atom. The topological polar surface area (TPSA) is 84.9 Å². The van der Waals surface area contributed by atoms with Crippen molar-refractivity contribution in [1.82, 2.24) is 10.2 Å². The lowest BCUT2D eigenvalue weighted by Gasteiger charge is -2.12. The van der Waals surface area contributed by atoms with Crippen LogP contribution in [-0.4, -0.2) is 49.3 Å². The van der Waals surface area contributed by atoms with Crippen LogP contribution in [0.15, 0.2) is 53.4 Å². The van der Waals surface area contributed by atoms with Crippen LogP contribution in [-0.2, 0) is 9.59 Å². The molecule has 3 rings (SSSR count). The number of imide groups is 1. The Kier molecular flexibility index (Phi) is 7.67. The SMILES string of the molecule is COc1ccc(OC)c(/C=C/C(=O)NCCN2C(=O)S/C(=C\c3ccccc3F)C2=O)c1. The maximum absolute atomic E-state index is 13.8. The lowest BCUT2D eigenvalue weighted by atomic mass is 10.1. The third-order valence-corrected chi connectivity index (χ3v) is 5.46. The van der Waals surface area contributed by atoms with Crippen molar-refractivity contribution in [2.24, 2.45) is 0 Å². The third-order valence-electron chi connectivity index (χ3n) is 4.55. The summed E-state index contributed by atoms with van der Waals surface area (Å²) in [6.45, 7) is 0.0742. The van der Waals surface area contributed by atoms with E-state index >= 15 is 0 Å². The van der Waals surface area contributed by atoms with Gasteiger partial charge in [-0.1, -0.05) is 18.2 Å². The molecule has 0 aromatic heterocycles. The molecule has 3 amide bonds. The molecule has 1 aliphatic rings. The summed E-state index contributed by atoms with van der Waals surface area (Å²) >= 11 is 0.739. The molecule has 2 aromatic rings. The summed E-state index contributed by atoms with van der Waals surface area (Å²) in [5.41, 5.74) is 0.885. The van der Waals surface area contributed by atoms with Gasteiger partial charge in [0.05, 0.1) is 19.1 Å². The van der Waals surface area contributed by atoms with E-state index in [1.807, 2.05) is 0 Å². The van der Waals surface area contributed by atoms with Gasteiger partial charge < -0.3 is 14.8 Å². The Hall–Kier alpha value is -3.59. The third kappa shape index (κ3) is 5.55. The van der Waals surface area contributed by atoms with Crippen LogP contribution in [0.4, 0.5) is 9.18 Å². The standard InChI is InChI=1S/C23H21FN2O5S/c1-30-17-8-9-19(31-2)16(13-17)7-10-21(27)25-11-12-26-22(28)20(32-23(26)29)14-15-5-3-4-6-18(15)24/h3-10,13-14H,11-12H2,1-2H3,(H,25,27)/b10-7+,20-14-. The molecule has 7 nitrogen and oxygen atoms in total. The van der Waals surface area contributed by atoms with Crippen molar-refractivity contribution in [2.45, 2.75) is 0 Å². The highest BCUT2D eigenvalue weighted by Crippen LogP contribution is 2.32. The van der Waals surface area contributed by atoms with Gasteiger partial charge in [0, 0.05) is 30.3 Å². The molecular weight excluding hydrogens is 435 g/mol. The number of hydrogen-bond acceptors (Lipinski definition) is 6. The zero-order valence-corrected chi connectivity index (χ0v) is 18.3. The number of amides is 3. The Morgan fingerprint density at radius 2 is 1.91 bits per heavy atom. The molecule has 0 saturated carbocycles. The lowest BCUT2D eigenvalue weighted by molar-refractivity contribution is -0.123. The van der Waals surface area contributed by atoms with E-state index in [1.165, 1.54) is 38.5 Å². The van der Waals surface area contributed by atoms with Gasteiger partial charge in [0.15, 0.2) is 0 Å². The van der Waals surface area contributed by atoms with Crippen molar-refractivity contribution in [1.29, 1.82) is 0 Å². The second-order valence-corrected chi connectivity index (χ2v) is 7.58. The highest BCUT2D eigenvalue weighted by atomic mass is 32.2. The second-order valence-electron chi connectivity index (χ2n) is 6.59. The van der Waals surface area contributed by atoms with E-state index in [-0.39, 0.29) is 23.6 Å². The average Bonchev–Trinajstić information content (AvgIpc) is 3.06. The number of benzene rings is 2. The molecule has 0 spiro atoms. The molecule has 0 atom stereocenters. The van der Waals surface area contributed by atoms with E-state index in [4.69, 9.17) is 9.47 Å². The largest absolute Gasteiger partial charge is 0.497 e. The Balaban J connectivity index is 1.57. The average molecular weight is 456 g/mol. The number of nitrogens with zero attached hydrogens (tertiary/aromatic N) is 1. The van der Waals surface area contributed by atoms with Crippen molar-refractivity contribution < 1.29 is 28.2 Å². The monoisotopic (exact) mass is 456 g/mol. The van der Waals surface area contributed by atoms with Crippen LogP contribution in [0.1, 0.15) is 11.1 Å². The second kappa shape index (κ2) is 10.6.